The molecule has 0 atom stereocenters. The Morgan fingerprint density at radius 2 is 1.88 bits per heavy atom. The molecule has 0 aromatic carbocycles. The van der Waals surface area contributed by atoms with Crippen molar-refractivity contribution < 1.29 is 18.0 Å². The summed E-state index contributed by atoms with van der Waals surface area (Å²) in [6.45, 7) is 3.02. The van der Waals surface area contributed by atoms with Crippen LogP contribution in [0.3, 0.4) is 0 Å². The highest BCUT2D eigenvalue weighted by atomic mass is 19.4. The van der Waals surface area contributed by atoms with E-state index in [-0.39, 0.29) is 18.6 Å². The standard InChI is InChI=1S/C11H18F3NO/c1-2-3-10(16)8-15-6-4-9(5-7-15)11(12,13)14/h9H,2-8H2,1H3. The second kappa shape index (κ2) is 5.66. The zero-order valence-electron chi connectivity index (χ0n) is 9.52. The van der Waals surface area contributed by atoms with Crippen LogP contribution in [0.15, 0.2) is 0 Å². The minimum absolute atomic E-state index is 0.128. The number of carbonyl (C=O) groups excluding carboxylic acids is 1. The zero-order valence-corrected chi connectivity index (χ0v) is 9.52. The van der Waals surface area contributed by atoms with Gasteiger partial charge in [0.1, 0.15) is 5.78 Å². The number of hydrogen-bond acceptors (Lipinski definition) is 2. The Morgan fingerprint density at radius 1 is 1.31 bits per heavy atom. The Labute approximate surface area is 93.8 Å². The summed E-state index contributed by atoms with van der Waals surface area (Å²) < 4.78 is 37.1. The number of hydrogen-bond donors (Lipinski definition) is 0. The first-order valence-electron chi connectivity index (χ1n) is 5.74. The van der Waals surface area contributed by atoms with Crippen molar-refractivity contribution in [1.82, 2.24) is 4.90 Å². The Balaban J connectivity index is 2.30. The topological polar surface area (TPSA) is 20.3 Å². The average Bonchev–Trinajstić information content (AvgIpc) is 2.17. The highest BCUT2D eigenvalue weighted by Crippen LogP contribution is 2.33. The van der Waals surface area contributed by atoms with E-state index >= 15 is 0 Å². The van der Waals surface area contributed by atoms with Gasteiger partial charge >= 0.3 is 6.18 Å². The first-order valence-corrected chi connectivity index (χ1v) is 5.74. The molecule has 2 nitrogen and oxygen atoms in total. The summed E-state index contributed by atoms with van der Waals surface area (Å²) in [5.74, 6) is -1.04. The predicted octanol–water partition coefficient (Wildman–Crippen LogP) is 2.63. The lowest BCUT2D eigenvalue weighted by Crippen LogP contribution is -2.41. The predicted molar refractivity (Wildman–Crippen MR) is 55.1 cm³/mol. The Morgan fingerprint density at radius 3 is 2.31 bits per heavy atom. The number of carbonyl (C=O) groups is 1. The molecule has 1 aliphatic rings. The number of alkyl halides is 3. The number of ketones is 1. The third-order valence-corrected chi connectivity index (χ3v) is 2.98. The van der Waals surface area contributed by atoms with Crippen LogP contribution >= 0.6 is 0 Å². The van der Waals surface area contributed by atoms with Crippen molar-refractivity contribution in [1.29, 1.82) is 0 Å². The highest BCUT2D eigenvalue weighted by Gasteiger charge is 2.41. The van der Waals surface area contributed by atoms with Crippen molar-refractivity contribution in [3.63, 3.8) is 0 Å². The average molecular weight is 237 g/mol. The van der Waals surface area contributed by atoms with E-state index in [4.69, 9.17) is 0 Å². The first kappa shape index (κ1) is 13.5. The molecule has 0 radical (unpaired) electrons. The summed E-state index contributed by atoms with van der Waals surface area (Å²) in [4.78, 5) is 13.2. The molecule has 1 saturated heterocycles. The molecule has 0 unspecified atom stereocenters. The van der Waals surface area contributed by atoms with Gasteiger partial charge < -0.3 is 0 Å². The Kier molecular flexibility index (Phi) is 4.77. The van der Waals surface area contributed by atoms with Gasteiger partial charge in [0, 0.05) is 6.42 Å². The molecule has 0 aromatic rings. The SMILES string of the molecule is CCCC(=O)CN1CCC(C(F)(F)F)CC1. The monoisotopic (exact) mass is 237 g/mol. The Bertz CT molecular complexity index is 232. The van der Waals surface area contributed by atoms with Crippen molar-refractivity contribution >= 4 is 5.78 Å². The molecule has 16 heavy (non-hydrogen) atoms. The van der Waals surface area contributed by atoms with E-state index in [2.05, 4.69) is 0 Å². The van der Waals surface area contributed by atoms with Crippen LogP contribution in [-0.4, -0.2) is 36.5 Å². The van der Waals surface area contributed by atoms with Gasteiger partial charge in [-0.1, -0.05) is 6.92 Å². The molecule has 0 aromatic heterocycles. The van der Waals surface area contributed by atoms with Crippen LogP contribution in [0.4, 0.5) is 13.2 Å². The van der Waals surface area contributed by atoms with Gasteiger partial charge in [0.15, 0.2) is 0 Å². The molecule has 1 heterocycles. The molecule has 1 aliphatic heterocycles. The third-order valence-electron chi connectivity index (χ3n) is 2.98. The fourth-order valence-electron chi connectivity index (χ4n) is 2.03. The lowest BCUT2D eigenvalue weighted by atomic mass is 9.96. The van der Waals surface area contributed by atoms with Gasteiger partial charge in [-0.15, -0.1) is 0 Å². The van der Waals surface area contributed by atoms with E-state index in [1.54, 1.807) is 0 Å². The summed E-state index contributed by atoms with van der Waals surface area (Å²) in [5.41, 5.74) is 0. The van der Waals surface area contributed by atoms with E-state index < -0.39 is 12.1 Å². The van der Waals surface area contributed by atoms with Gasteiger partial charge in [0.25, 0.3) is 0 Å². The molecule has 5 heteroatoms. The lowest BCUT2D eigenvalue weighted by Gasteiger charge is -2.32. The molecule has 94 valence electrons. The number of nitrogens with zero attached hydrogens (tertiary/aromatic N) is 1. The number of halogens is 3. The van der Waals surface area contributed by atoms with Crippen LogP contribution in [0.25, 0.3) is 0 Å². The van der Waals surface area contributed by atoms with Crippen LogP contribution in [0.5, 0.6) is 0 Å². The van der Waals surface area contributed by atoms with Gasteiger partial charge in [-0.2, -0.15) is 13.2 Å². The van der Waals surface area contributed by atoms with E-state index in [1.807, 2.05) is 11.8 Å². The van der Waals surface area contributed by atoms with Gasteiger partial charge in [-0.05, 0) is 32.4 Å². The van der Waals surface area contributed by atoms with Crippen molar-refractivity contribution in [2.24, 2.45) is 5.92 Å². The summed E-state index contributed by atoms with van der Waals surface area (Å²) in [7, 11) is 0. The van der Waals surface area contributed by atoms with Gasteiger partial charge in [-0.3, -0.25) is 9.69 Å². The second-order valence-electron chi connectivity index (χ2n) is 4.38. The fraction of sp³-hybridized carbons (Fsp3) is 0.909. The number of likely N-dealkylation sites (tertiary alicyclic amines) is 1. The summed E-state index contributed by atoms with van der Waals surface area (Å²) in [6.07, 6.45) is -2.48. The maximum absolute atomic E-state index is 12.4. The molecule has 1 fully saturated rings. The normalized spacial score (nSPS) is 20.0. The first-order chi connectivity index (χ1) is 7.43. The van der Waals surface area contributed by atoms with Gasteiger partial charge in [0.05, 0.1) is 12.5 Å². The quantitative estimate of drug-likeness (QED) is 0.749. The van der Waals surface area contributed by atoms with Crippen LogP contribution in [-0.2, 0) is 4.79 Å². The van der Waals surface area contributed by atoms with E-state index in [0.717, 1.165) is 6.42 Å². The van der Waals surface area contributed by atoms with Gasteiger partial charge in [-0.25, -0.2) is 0 Å². The molecule has 0 saturated carbocycles. The zero-order chi connectivity index (χ0) is 12.2. The van der Waals surface area contributed by atoms with E-state index in [9.17, 15) is 18.0 Å². The van der Waals surface area contributed by atoms with Crippen molar-refractivity contribution in [2.45, 2.75) is 38.8 Å². The summed E-state index contributed by atoms with van der Waals surface area (Å²) in [5, 5.41) is 0. The smallest absolute Gasteiger partial charge is 0.298 e. The summed E-state index contributed by atoms with van der Waals surface area (Å²) in [6, 6.07) is 0. The number of Topliss-reactive ketones (excluding diaryl/α,β-unsaturated/α-hetero) is 1. The number of rotatable bonds is 4. The van der Waals surface area contributed by atoms with Crippen LogP contribution in [0.2, 0.25) is 0 Å². The van der Waals surface area contributed by atoms with Crippen molar-refractivity contribution in [2.75, 3.05) is 19.6 Å². The number of piperidine rings is 1. The molecule has 0 bridgehead atoms. The molecule has 0 N–H and O–H groups in total. The summed E-state index contributed by atoms with van der Waals surface area (Å²) >= 11 is 0. The second-order valence-corrected chi connectivity index (χ2v) is 4.38. The lowest BCUT2D eigenvalue weighted by molar-refractivity contribution is -0.185. The van der Waals surface area contributed by atoms with Crippen LogP contribution in [0.1, 0.15) is 32.6 Å². The highest BCUT2D eigenvalue weighted by molar-refractivity contribution is 5.80. The maximum Gasteiger partial charge on any atom is 0.391 e. The molecule has 0 spiro atoms. The third kappa shape index (κ3) is 4.12. The van der Waals surface area contributed by atoms with Crippen LogP contribution < -0.4 is 0 Å². The van der Waals surface area contributed by atoms with E-state index in [1.165, 1.54) is 0 Å². The molecular weight excluding hydrogens is 219 g/mol. The largest absolute Gasteiger partial charge is 0.391 e. The fourth-order valence-corrected chi connectivity index (χ4v) is 2.03. The van der Waals surface area contributed by atoms with Crippen molar-refractivity contribution in [3.05, 3.63) is 0 Å². The minimum atomic E-state index is -4.07. The molecule has 1 rings (SSSR count). The van der Waals surface area contributed by atoms with Crippen LogP contribution in [0, 0.1) is 5.92 Å². The molecular formula is C11H18F3NO. The minimum Gasteiger partial charge on any atom is -0.298 e. The molecule has 0 amide bonds. The van der Waals surface area contributed by atoms with E-state index in [0.29, 0.717) is 26.1 Å². The van der Waals surface area contributed by atoms with Crippen molar-refractivity contribution in [3.8, 4) is 0 Å². The molecule has 0 aliphatic carbocycles. The maximum atomic E-state index is 12.4. The Hall–Kier alpha value is -0.580. The van der Waals surface area contributed by atoms with Gasteiger partial charge in [0.2, 0.25) is 0 Å².